The van der Waals surface area contributed by atoms with Gasteiger partial charge in [0.2, 0.25) is 0 Å². The van der Waals surface area contributed by atoms with Crippen molar-refractivity contribution in [2.75, 3.05) is 33.0 Å². The van der Waals surface area contributed by atoms with Gasteiger partial charge in [-0.3, -0.25) is 13.8 Å². The van der Waals surface area contributed by atoms with E-state index < -0.39 is 33.2 Å². The number of hydrogen-bond acceptors (Lipinski definition) is 8. The van der Waals surface area contributed by atoms with Crippen molar-refractivity contribution in [1.82, 2.24) is 0 Å². The smallest absolute Gasteiger partial charge is 0.457 e. The summed E-state index contributed by atoms with van der Waals surface area (Å²) in [6.07, 6.45) is 44.2. The highest BCUT2D eigenvalue weighted by molar-refractivity contribution is 7.47. The number of hydrogen-bond donors (Lipinski definition) is 3. The predicted molar refractivity (Wildman–Crippen MR) is 228 cm³/mol. The first-order valence-corrected chi connectivity index (χ1v) is 24.3. The molecule has 55 heavy (non-hydrogen) atoms. The van der Waals surface area contributed by atoms with Gasteiger partial charge in [-0.1, -0.05) is 167 Å². The average Bonchev–Trinajstić information content (AvgIpc) is 3.18. The summed E-state index contributed by atoms with van der Waals surface area (Å²) in [7, 11) is -4.52. The van der Waals surface area contributed by atoms with Crippen molar-refractivity contribution < 1.29 is 43.0 Å². The zero-order valence-corrected chi connectivity index (χ0v) is 36.6. The van der Waals surface area contributed by atoms with E-state index in [9.17, 15) is 19.4 Å². The normalized spacial score (nSPS) is 14.2. The van der Waals surface area contributed by atoms with Crippen LogP contribution in [0.4, 0.5) is 0 Å². The molecule has 0 bridgehead atoms. The molecule has 0 saturated carbocycles. The molecule has 0 aliphatic carbocycles. The second-order valence-electron chi connectivity index (χ2n) is 15.4. The Balaban J connectivity index is 4.14. The van der Waals surface area contributed by atoms with Crippen LogP contribution in [0, 0.1) is 0 Å². The van der Waals surface area contributed by atoms with Gasteiger partial charge in [0.1, 0.15) is 12.2 Å². The van der Waals surface area contributed by atoms with Gasteiger partial charge < -0.3 is 24.6 Å². The Morgan fingerprint density at radius 2 is 0.927 bits per heavy atom. The van der Waals surface area contributed by atoms with Crippen molar-refractivity contribution in [2.24, 2.45) is 0 Å². The number of unbranched alkanes of at least 4 members (excludes halogenated alkanes) is 26. The number of aliphatic hydroxyl groups is 2. The molecule has 0 saturated heterocycles. The SMILES string of the molecule is CCCCCCCC/C=C\CCCCCCCCCCOCC(COP(=O)(O)OCC(O)CO)OC(=O)CCCCCCC/C=C\CCCCCCCCC. The van der Waals surface area contributed by atoms with Crippen molar-refractivity contribution in [3.8, 4) is 0 Å². The average molecular weight is 803 g/mol. The Bertz CT molecular complexity index is 913. The van der Waals surface area contributed by atoms with Gasteiger partial charge in [-0.15, -0.1) is 0 Å². The third kappa shape index (κ3) is 42.4. The Hall–Kier alpha value is -1.06. The molecule has 10 heteroatoms. The lowest BCUT2D eigenvalue weighted by atomic mass is 10.1. The Kier molecular flexibility index (Phi) is 41.7. The van der Waals surface area contributed by atoms with E-state index in [0.717, 1.165) is 57.8 Å². The highest BCUT2D eigenvalue weighted by Gasteiger charge is 2.26. The maximum absolute atomic E-state index is 12.6. The maximum Gasteiger partial charge on any atom is 0.472 e. The molecule has 3 N–H and O–H groups in total. The van der Waals surface area contributed by atoms with Crippen LogP contribution < -0.4 is 0 Å². The van der Waals surface area contributed by atoms with Crippen molar-refractivity contribution in [1.29, 1.82) is 0 Å². The van der Waals surface area contributed by atoms with Crippen molar-refractivity contribution in [3.63, 3.8) is 0 Å². The molecule has 3 unspecified atom stereocenters. The quantitative estimate of drug-likeness (QED) is 0.0238. The molecule has 3 atom stereocenters. The number of aliphatic hydroxyl groups excluding tert-OH is 2. The molecule has 0 fully saturated rings. The molecule has 9 nitrogen and oxygen atoms in total. The minimum absolute atomic E-state index is 0.0465. The standard InChI is InChI=1S/C45H87O9P/c1-3-5-7-9-11-13-15-17-19-21-22-24-26-28-30-32-34-36-38-51-41-44(42-53-55(49,50)52-40-43(47)39-46)54-45(48)37-35-33-31-29-27-25-23-20-18-16-14-12-10-8-6-4-2/h17,19-20,23,43-44,46-47H,3-16,18,21-22,24-42H2,1-2H3,(H,49,50)/b19-17-,23-20-. The summed E-state index contributed by atoms with van der Waals surface area (Å²) in [4.78, 5) is 22.6. The number of carbonyl (C=O) groups is 1. The van der Waals surface area contributed by atoms with Gasteiger partial charge in [0.05, 0.1) is 26.4 Å². The lowest BCUT2D eigenvalue weighted by Crippen LogP contribution is -2.29. The molecule has 0 heterocycles. The number of esters is 1. The second-order valence-corrected chi connectivity index (χ2v) is 16.9. The minimum atomic E-state index is -4.52. The monoisotopic (exact) mass is 803 g/mol. The summed E-state index contributed by atoms with van der Waals surface area (Å²) < 4.78 is 33.4. The highest BCUT2D eigenvalue weighted by atomic mass is 31.2. The fourth-order valence-electron chi connectivity index (χ4n) is 6.35. The van der Waals surface area contributed by atoms with Gasteiger partial charge in [0, 0.05) is 13.0 Å². The van der Waals surface area contributed by atoms with Crippen LogP contribution in [0.25, 0.3) is 0 Å². The molecular weight excluding hydrogens is 715 g/mol. The Labute approximate surface area is 338 Å². The molecule has 0 aromatic rings. The summed E-state index contributed by atoms with van der Waals surface area (Å²) in [5.41, 5.74) is 0. The molecule has 0 aliphatic rings. The van der Waals surface area contributed by atoms with E-state index >= 15 is 0 Å². The highest BCUT2D eigenvalue weighted by Crippen LogP contribution is 2.43. The van der Waals surface area contributed by atoms with Crippen molar-refractivity contribution >= 4 is 13.8 Å². The van der Waals surface area contributed by atoms with Crippen LogP contribution >= 0.6 is 7.82 Å². The molecule has 0 radical (unpaired) electrons. The number of ether oxygens (including phenoxy) is 2. The van der Waals surface area contributed by atoms with E-state index in [1.807, 2.05) is 0 Å². The number of carbonyl (C=O) groups excluding carboxylic acids is 1. The van der Waals surface area contributed by atoms with E-state index in [1.54, 1.807) is 0 Å². The lowest BCUT2D eigenvalue weighted by molar-refractivity contribution is -0.154. The molecule has 0 amide bonds. The Morgan fingerprint density at radius 3 is 1.36 bits per heavy atom. The van der Waals surface area contributed by atoms with E-state index in [-0.39, 0.29) is 25.6 Å². The van der Waals surface area contributed by atoms with Gasteiger partial charge in [-0.25, -0.2) is 4.57 Å². The predicted octanol–water partition coefficient (Wildman–Crippen LogP) is 12.6. The van der Waals surface area contributed by atoms with Crippen LogP contribution in [0.15, 0.2) is 24.3 Å². The molecular formula is C45H87O9P. The fourth-order valence-corrected chi connectivity index (χ4v) is 7.13. The zero-order chi connectivity index (χ0) is 40.3. The number of rotatable bonds is 44. The van der Waals surface area contributed by atoms with E-state index in [2.05, 4.69) is 38.2 Å². The van der Waals surface area contributed by atoms with Crippen LogP contribution in [0.1, 0.15) is 213 Å². The van der Waals surface area contributed by atoms with Gasteiger partial charge in [0.15, 0.2) is 0 Å². The van der Waals surface area contributed by atoms with Crippen LogP contribution in [0.5, 0.6) is 0 Å². The van der Waals surface area contributed by atoms with Crippen LogP contribution in [-0.4, -0.2) is 66.3 Å². The second kappa shape index (κ2) is 42.5. The van der Waals surface area contributed by atoms with Crippen LogP contribution in [0.2, 0.25) is 0 Å². The van der Waals surface area contributed by atoms with E-state index in [0.29, 0.717) is 6.61 Å². The minimum Gasteiger partial charge on any atom is -0.457 e. The summed E-state index contributed by atoms with van der Waals surface area (Å²) in [5, 5.41) is 18.4. The third-order valence-electron chi connectivity index (χ3n) is 9.86. The molecule has 0 aliphatic heterocycles. The maximum atomic E-state index is 12.6. The first-order valence-electron chi connectivity index (χ1n) is 22.8. The van der Waals surface area contributed by atoms with E-state index in [1.165, 1.54) is 135 Å². The summed E-state index contributed by atoms with van der Waals surface area (Å²) in [6, 6.07) is 0. The Morgan fingerprint density at radius 1 is 0.545 bits per heavy atom. The van der Waals surface area contributed by atoms with Gasteiger partial charge in [0.25, 0.3) is 0 Å². The zero-order valence-electron chi connectivity index (χ0n) is 35.7. The molecule has 0 rings (SSSR count). The number of phosphoric acid groups is 1. The fraction of sp³-hybridized carbons (Fsp3) is 0.889. The van der Waals surface area contributed by atoms with Crippen LogP contribution in [0.3, 0.4) is 0 Å². The number of allylic oxidation sites excluding steroid dienone is 4. The summed E-state index contributed by atoms with van der Waals surface area (Å²) in [5.74, 6) is -0.390. The molecule has 326 valence electrons. The van der Waals surface area contributed by atoms with Gasteiger partial charge >= 0.3 is 13.8 Å². The topological polar surface area (TPSA) is 132 Å². The third-order valence-corrected chi connectivity index (χ3v) is 10.8. The van der Waals surface area contributed by atoms with Crippen molar-refractivity contribution in [3.05, 3.63) is 24.3 Å². The van der Waals surface area contributed by atoms with Gasteiger partial charge in [-0.2, -0.15) is 0 Å². The van der Waals surface area contributed by atoms with E-state index in [4.69, 9.17) is 23.6 Å². The van der Waals surface area contributed by atoms with Gasteiger partial charge in [-0.05, 0) is 64.2 Å². The first-order chi connectivity index (χ1) is 26.8. The first kappa shape index (κ1) is 53.9. The van der Waals surface area contributed by atoms with Crippen molar-refractivity contribution in [2.45, 2.75) is 225 Å². The number of phosphoric ester groups is 1. The lowest BCUT2D eigenvalue weighted by Gasteiger charge is -2.20. The summed E-state index contributed by atoms with van der Waals surface area (Å²) >= 11 is 0. The largest absolute Gasteiger partial charge is 0.472 e. The molecule has 0 aromatic heterocycles. The molecule has 0 spiro atoms. The molecule has 0 aromatic carbocycles. The van der Waals surface area contributed by atoms with Crippen LogP contribution in [-0.2, 0) is 27.9 Å². The summed E-state index contributed by atoms with van der Waals surface area (Å²) in [6.45, 7) is 3.52.